The first-order chi connectivity index (χ1) is 10.8. The molecule has 124 valence electrons. The van der Waals surface area contributed by atoms with Crippen molar-refractivity contribution in [3.05, 3.63) is 28.7 Å². The van der Waals surface area contributed by atoms with Crippen molar-refractivity contribution < 1.29 is 17.6 Å². The Bertz CT molecular complexity index is 891. The van der Waals surface area contributed by atoms with E-state index in [-0.39, 0.29) is 11.8 Å². The number of carbonyl (C=O) groups excluding carboxylic acids is 1. The predicted octanol–water partition coefficient (Wildman–Crippen LogP) is 0.731. The normalized spacial score (nSPS) is 17.4. The average Bonchev–Trinajstić information content (AvgIpc) is 2.86. The Morgan fingerprint density at radius 3 is 2.70 bits per heavy atom. The van der Waals surface area contributed by atoms with E-state index in [4.69, 9.17) is 4.42 Å². The highest BCUT2D eigenvalue weighted by Crippen LogP contribution is 2.22. The van der Waals surface area contributed by atoms with Gasteiger partial charge in [-0.25, -0.2) is 17.5 Å². The SMILES string of the molecule is CS(=O)(=O)N1CCC(C(=O)Nc2ccc3oc(=O)[nH]c3c2)CC1. The summed E-state index contributed by atoms with van der Waals surface area (Å²) < 4.78 is 29.2. The molecule has 0 unspecified atom stereocenters. The molecule has 1 aromatic carbocycles. The number of anilines is 1. The van der Waals surface area contributed by atoms with Crippen molar-refractivity contribution in [3.8, 4) is 0 Å². The number of fused-ring (bicyclic) bond motifs is 1. The molecular formula is C14H17N3O5S. The Morgan fingerprint density at radius 2 is 2.04 bits per heavy atom. The number of amides is 1. The van der Waals surface area contributed by atoms with E-state index in [1.807, 2.05) is 0 Å². The molecule has 2 N–H and O–H groups in total. The molecular weight excluding hydrogens is 322 g/mol. The molecule has 0 spiro atoms. The Kier molecular flexibility index (Phi) is 3.99. The summed E-state index contributed by atoms with van der Waals surface area (Å²) in [5.74, 6) is -0.924. The zero-order valence-corrected chi connectivity index (χ0v) is 13.4. The summed E-state index contributed by atoms with van der Waals surface area (Å²) in [7, 11) is -3.20. The van der Waals surface area contributed by atoms with E-state index in [0.29, 0.717) is 42.7 Å². The monoisotopic (exact) mass is 339 g/mol. The molecule has 0 aliphatic carbocycles. The second-order valence-electron chi connectivity index (χ2n) is 5.65. The van der Waals surface area contributed by atoms with Gasteiger partial charge in [0.1, 0.15) is 0 Å². The van der Waals surface area contributed by atoms with E-state index in [1.54, 1.807) is 18.2 Å². The topological polar surface area (TPSA) is 112 Å². The molecule has 1 fully saturated rings. The third-order valence-corrected chi connectivity index (χ3v) is 5.28. The van der Waals surface area contributed by atoms with Gasteiger partial charge in [0, 0.05) is 24.7 Å². The minimum Gasteiger partial charge on any atom is -0.408 e. The predicted molar refractivity (Wildman–Crippen MR) is 84.6 cm³/mol. The van der Waals surface area contributed by atoms with Gasteiger partial charge in [-0.05, 0) is 31.0 Å². The van der Waals surface area contributed by atoms with Gasteiger partial charge in [0.05, 0.1) is 11.8 Å². The molecule has 1 aliphatic heterocycles. The maximum Gasteiger partial charge on any atom is 0.417 e. The molecule has 1 aromatic heterocycles. The van der Waals surface area contributed by atoms with E-state index in [9.17, 15) is 18.0 Å². The number of nitrogens with zero attached hydrogens (tertiary/aromatic N) is 1. The maximum atomic E-state index is 12.3. The summed E-state index contributed by atoms with van der Waals surface area (Å²) in [6, 6.07) is 4.89. The van der Waals surface area contributed by atoms with Crippen molar-refractivity contribution in [2.24, 2.45) is 5.92 Å². The number of carbonyl (C=O) groups is 1. The third-order valence-electron chi connectivity index (χ3n) is 3.98. The minimum absolute atomic E-state index is 0.150. The highest BCUT2D eigenvalue weighted by atomic mass is 32.2. The van der Waals surface area contributed by atoms with Gasteiger partial charge in [-0.15, -0.1) is 0 Å². The van der Waals surface area contributed by atoms with Crippen LogP contribution in [-0.4, -0.2) is 43.0 Å². The quantitative estimate of drug-likeness (QED) is 0.856. The molecule has 8 nitrogen and oxygen atoms in total. The summed E-state index contributed by atoms with van der Waals surface area (Å²) in [4.78, 5) is 25.9. The van der Waals surface area contributed by atoms with Crippen molar-refractivity contribution in [3.63, 3.8) is 0 Å². The third kappa shape index (κ3) is 3.45. The van der Waals surface area contributed by atoms with Gasteiger partial charge in [-0.2, -0.15) is 0 Å². The van der Waals surface area contributed by atoms with Crippen LogP contribution in [0.1, 0.15) is 12.8 Å². The second-order valence-corrected chi connectivity index (χ2v) is 7.63. The maximum absolute atomic E-state index is 12.3. The van der Waals surface area contributed by atoms with Crippen LogP contribution >= 0.6 is 0 Å². The zero-order valence-electron chi connectivity index (χ0n) is 12.5. The van der Waals surface area contributed by atoms with Gasteiger partial charge in [-0.3, -0.25) is 9.78 Å². The number of H-pyrrole nitrogens is 1. The Morgan fingerprint density at radius 1 is 1.35 bits per heavy atom. The number of piperidine rings is 1. The smallest absolute Gasteiger partial charge is 0.408 e. The number of hydrogen-bond donors (Lipinski definition) is 2. The molecule has 2 heterocycles. The van der Waals surface area contributed by atoms with Crippen molar-refractivity contribution in [1.29, 1.82) is 0 Å². The number of benzene rings is 1. The van der Waals surface area contributed by atoms with Crippen LogP contribution in [0, 0.1) is 5.92 Å². The molecule has 2 aromatic rings. The van der Waals surface area contributed by atoms with E-state index >= 15 is 0 Å². The highest BCUT2D eigenvalue weighted by Gasteiger charge is 2.28. The van der Waals surface area contributed by atoms with Crippen molar-refractivity contribution in [2.45, 2.75) is 12.8 Å². The van der Waals surface area contributed by atoms with Crippen LogP contribution in [0.3, 0.4) is 0 Å². The fourth-order valence-electron chi connectivity index (χ4n) is 2.72. The summed E-state index contributed by atoms with van der Waals surface area (Å²) >= 11 is 0. The van der Waals surface area contributed by atoms with Gasteiger partial charge >= 0.3 is 5.76 Å². The number of hydrogen-bond acceptors (Lipinski definition) is 5. The van der Waals surface area contributed by atoms with E-state index in [1.165, 1.54) is 10.6 Å². The summed E-state index contributed by atoms with van der Waals surface area (Å²) in [6.07, 6.45) is 2.15. The number of aromatic nitrogens is 1. The molecule has 0 radical (unpaired) electrons. The van der Waals surface area contributed by atoms with Gasteiger partial charge in [0.15, 0.2) is 5.58 Å². The lowest BCUT2D eigenvalue weighted by Crippen LogP contribution is -2.40. The number of sulfonamides is 1. The minimum atomic E-state index is -3.20. The summed E-state index contributed by atoms with van der Waals surface area (Å²) in [5.41, 5.74) is 1.50. The first-order valence-electron chi connectivity index (χ1n) is 7.22. The zero-order chi connectivity index (χ0) is 16.6. The highest BCUT2D eigenvalue weighted by molar-refractivity contribution is 7.88. The second kappa shape index (κ2) is 5.82. The lowest BCUT2D eigenvalue weighted by Gasteiger charge is -2.29. The van der Waals surface area contributed by atoms with Crippen LogP contribution in [0.15, 0.2) is 27.4 Å². The van der Waals surface area contributed by atoms with E-state index in [2.05, 4.69) is 10.3 Å². The number of oxazole rings is 1. The van der Waals surface area contributed by atoms with Crippen LogP contribution in [0.2, 0.25) is 0 Å². The van der Waals surface area contributed by atoms with Crippen molar-refractivity contribution in [1.82, 2.24) is 9.29 Å². The standard InChI is InChI=1S/C14H17N3O5S/c1-23(20,21)17-6-4-9(5-7-17)13(18)15-10-2-3-12-11(8-10)16-14(19)22-12/h2-3,8-9H,4-7H2,1H3,(H,15,18)(H,16,19). The fourth-order valence-corrected chi connectivity index (χ4v) is 3.60. The van der Waals surface area contributed by atoms with Crippen LogP contribution in [0.4, 0.5) is 5.69 Å². The average molecular weight is 339 g/mol. The van der Waals surface area contributed by atoms with Gasteiger partial charge in [-0.1, -0.05) is 0 Å². The Labute approximate surface area is 132 Å². The van der Waals surface area contributed by atoms with Crippen LogP contribution in [-0.2, 0) is 14.8 Å². The van der Waals surface area contributed by atoms with Gasteiger partial charge in [0.25, 0.3) is 0 Å². The molecule has 23 heavy (non-hydrogen) atoms. The van der Waals surface area contributed by atoms with Gasteiger partial charge in [0.2, 0.25) is 15.9 Å². The molecule has 9 heteroatoms. The Hall–Kier alpha value is -2.13. The Balaban J connectivity index is 1.66. The van der Waals surface area contributed by atoms with Gasteiger partial charge < -0.3 is 9.73 Å². The summed E-state index contributed by atoms with van der Waals surface area (Å²) in [6.45, 7) is 0.704. The molecule has 3 rings (SSSR count). The molecule has 1 amide bonds. The van der Waals surface area contributed by atoms with Crippen molar-refractivity contribution >= 4 is 32.7 Å². The molecule has 1 saturated heterocycles. The lowest BCUT2D eigenvalue weighted by atomic mass is 9.97. The largest absolute Gasteiger partial charge is 0.417 e. The van der Waals surface area contributed by atoms with Crippen LogP contribution in [0.5, 0.6) is 0 Å². The lowest BCUT2D eigenvalue weighted by molar-refractivity contribution is -0.120. The number of nitrogens with one attached hydrogen (secondary N) is 2. The fraction of sp³-hybridized carbons (Fsp3) is 0.429. The summed E-state index contributed by atoms with van der Waals surface area (Å²) in [5, 5.41) is 2.80. The van der Waals surface area contributed by atoms with Crippen LogP contribution in [0.25, 0.3) is 11.1 Å². The molecule has 1 aliphatic rings. The number of rotatable bonds is 3. The van der Waals surface area contributed by atoms with E-state index in [0.717, 1.165) is 0 Å². The molecule has 0 saturated carbocycles. The number of aromatic amines is 1. The first kappa shape index (κ1) is 15.8. The van der Waals surface area contributed by atoms with Crippen molar-refractivity contribution in [2.75, 3.05) is 24.7 Å². The van der Waals surface area contributed by atoms with Crippen LogP contribution < -0.4 is 11.1 Å². The molecule has 0 atom stereocenters. The first-order valence-corrected chi connectivity index (χ1v) is 9.06. The molecule has 0 bridgehead atoms. The van der Waals surface area contributed by atoms with E-state index < -0.39 is 15.8 Å².